The largest absolute Gasteiger partial charge is 0.488 e. The van der Waals surface area contributed by atoms with E-state index in [1.165, 1.54) is 18.4 Å². The van der Waals surface area contributed by atoms with Gasteiger partial charge < -0.3 is 29.7 Å². The molecule has 176 valence electrons. The zero-order valence-electron chi connectivity index (χ0n) is 19.0. The molecule has 0 fully saturated rings. The molecule has 2 atom stereocenters. The number of allylic oxidation sites excluding steroid dienone is 1. The second-order valence-corrected chi connectivity index (χ2v) is 10.1. The van der Waals surface area contributed by atoms with Crippen molar-refractivity contribution < 1.29 is 22.6 Å². The van der Waals surface area contributed by atoms with E-state index in [1.54, 1.807) is 25.3 Å². The predicted molar refractivity (Wildman–Crippen MR) is 125 cm³/mol. The molecule has 0 bridgehead atoms. The topological polar surface area (TPSA) is 101 Å². The van der Waals surface area contributed by atoms with Crippen molar-refractivity contribution in [2.45, 2.75) is 24.1 Å². The van der Waals surface area contributed by atoms with Crippen molar-refractivity contribution >= 4 is 16.1 Å². The first-order chi connectivity index (χ1) is 15.7. The molecule has 0 spiro atoms. The van der Waals surface area contributed by atoms with Gasteiger partial charge in [-0.3, -0.25) is 4.99 Å². The summed E-state index contributed by atoms with van der Waals surface area (Å²) in [6, 6.07) is 12.0. The van der Waals surface area contributed by atoms with Crippen LogP contribution in [0.15, 0.2) is 63.9 Å². The SMILES string of the molecule is COCC(C)Oc1cc(Oc2ccc(S(C)(=O)=O)cc2)cc(C2NC3=C(N2)N(C)CN=C3)c1. The first-order valence-electron chi connectivity index (χ1n) is 10.5. The number of benzene rings is 2. The average Bonchev–Trinajstić information content (AvgIpc) is 3.19. The van der Waals surface area contributed by atoms with Crippen LogP contribution in [-0.2, 0) is 14.6 Å². The molecule has 2 aliphatic heterocycles. The molecule has 2 aromatic rings. The second kappa shape index (κ2) is 9.32. The summed E-state index contributed by atoms with van der Waals surface area (Å²) in [5, 5.41) is 6.92. The van der Waals surface area contributed by atoms with E-state index in [1.807, 2.05) is 37.2 Å². The maximum Gasteiger partial charge on any atom is 0.175 e. The third kappa shape index (κ3) is 5.40. The molecule has 2 N–H and O–H groups in total. The summed E-state index contributed by atoms with van der Waals surface area (Å²) < 4.78 is 40.7. The Morgan fingerprint density at radius 3 is 2.52 bits per heavy atom. The third-order valence-corrected chi connectivity index (χ3v) is 6.32. The lowest BCUT2D eigenvalue weighted by molar-refractivity contribution is 0.0918. The summed E-state index contributed by atoms with van der Waals surface area (Å²) in [6.07, 6.45) is 2.65. The van der Waals surface area contributed by atoms with Crippen LogP contribution in [0.4, 0.5) is 0 Å². The van der Waals surface area contributed by atoms with Crippen LogP contribution in [0.25, 0.3) is 0 Å². The predicted octanol–water partition coefficient (Wildman–Crippen LogP) is 2.63. The lowest BCUT2D eigenvalue weighted by Gasteiger charge is -2.22. The first-order valence-corrected chi connectivity index (χ1v) is 12.4. The number of hydrogen-bond donors (Lipinski definition) is 2. The van der Waals surface area contributed by atoms with Crippen molar-refractivity contribution in [2.75, 3.05) is 33.7 Å². The van der Waals surface area contributed by atoms with E-state index in [2.05, 4.69) is 15.6 Å². The van der Waals surface area contributed by atoms with Crippen LogP contribution in [0.1, 0.15) is 18.7 Å². The van der Waals surface area contributed by atoms with Crippen molar-refractivity contribution in [3.8, 4) is 17.2 Å². The summed E-state index contributed by atoms with van der Waals surface area (Å²) in [5.41, 5.74) is 1.84. The highest BCUT2D eigenvalue weighted by molar-refractivity contribution is 7.90. The molecule has 2 unspecified atom stereocenters. The van der Waals surface area contributed by atoms with E-state index in [0.717, 1.165) is 17.1 Å². The van der Waals surface area contributed by atoms with Crippen LogP contribution < -0.4 is 20.1 Å². The van der Waals surface area contributed by atoms with Crippen molar-refractivity contribution in [2.24, 2.45) is 4.99 Å². The first kappa shape index (κ1) is 22.9. The Morgan fingerprint density at radius 1 is 1.12 bits per heavy atom. The maximum absolute atomic E-state index is 11.7. The average molecular weight is 473 g/mol. The van der Waals surface area contributed by atoms with Crippen LogP contribution >= 0.6 is 0 Å². The highest BCUT2D eigenvalue weighted by atomic mass is 32.2. The Balaban J connectivity index is 1.60. The second-order valence-electron chi connectivity index (χ2n) is 8.10. The minimum absolute atomic E-state index is 0.152. The number of hydrogen-bond acceptors (Lipinski definition) is 9. The number of methoxy groups -OCH3 is 1. The molecule has 0 saturated heterocycles. The molecule has 0 radical (unpaired) electrons. The van der Waals surface area contributed by atoms with Crippen LogP contribution in [0.5, 0.6) is 17.2 Å². The number of aliphatic imine (C=N–C) groups is 1. The van der Waals surface area contributed by atoms with Crippen LogP contribution in [0.2, 0.25) is 0 Å². The van der Waals surface area contributed by atoms with Gasteiger partial charge in [0.1, 0.15) is 42.0 Å². The molecular weight excluding hydrogens is 444 g/mol. The molecule has 4 rings (SSSR count). The van der Waals surface area contributed by atoms with E-state index < -0.39 is 9.84 Å². The smallest absolute Gasteiger partial charge is 0.175 e. The van der Waals surface area contributed by atoms with Gasteiger partial charge in [0.15, 0.2) is 9.84 Å². The molecule has 33 heavy (non-hydrogen) atoms. The van der Waals surface area contributed by atoms with Gasteiger partial charge in [-0.05, 0) is 43.3 Å². The number of nitrogens with zero attached hydrogens (tertiary/aromatic N) is 2. The van der Waals surface area contributed by atoms with E-state index in [4.69, 9.17) is 14.2 Å². The van der Waals surface area contributed by atoms with E-state index in [9.17, 15) is 8.42 Å². The molecule has 0 aliphatic carbocycles. The number of rotatable bonds is 8. The molecule has 9 nitrogen and oxygen atoms in total. The molecule has 2 aromatic carbocycles. The van der Waals surface area contributed by atoms with Gasteiger partial charge in [-0.25, -0.2) is 8.42 Å². The highest BCUT2D eigenvalue weighted by Gasteiger charge is 2.28. The van der Waals surface area contributed by atoms with E-state index >= 15 is 0 Å². The van der Waals surface area contributed by atoms with Crippen LogP contribution in [0.3, 0.4) is 0 Å². The number of nitrogens with one attached hydrogen (secondary N) is 2. The van der Waals surface area contributed by atoms with Gasteiger partial charge in [0.25, 0.3) is 0 Å². The summed E-state index contributed by atoms with van der Waals surface area (Å²) in [4.78, 5) is 6.61. The Bertz CT molecular complexity index is 1180. The Labute approximate surface area is 194 Å². The van der Waals surface area contributed by atoms with Gasteiger partial charge >= 0.3 is 0 Å². The molecular formula is C23H28N4O5S. The van der Waals surface area contributed by atoms with Gasteiger partial charge in [-0.1, -0.05) is 0 Å². The monoisotopic (exact) mass is 472 g/mol. The maximum atomic E-state index is 11.7. The fourth-order valence-corrected chi connectivity index (χ4v) is 4.29. The molecule has 0 aromatic heterocycles. The van der Waals surface area contributed by atoms with E-state index in [-0.39, 0.29) is 17.2 Å². The minimum Gasteiger partial charge on any atom is -0.488 e. The fourth-order valence-electron chi connectivity index (χ4n) is 3.66. The van der Waals surface area contributed by atoms with Gasteiger partial charge in [0.05, 0.1) is 23.4 Å². The highest BCUT2D eigenvalue weighted by Crippen LogP contribution is 2.33. The Kier molecular flexibility index (Phi) is 6.48. The molecule has 0 amide bonds. The minimum atomic E-state index is -3.27. The van der Waals surface area contributed by atoms with Crippen molar-refractivity contribution in [1.82, 2.24) is 15.5 Å². The third-order valence-electron chi connectivity index (χ3n) is 5.19. The quantitative estimate of drug-likeness (QED) is 0.605. The number of ether oxygens (including phenoxy) is 3. The van der Waals surface area contributed by atoms with Crippen LogP contribution in [0, 0.1) is 0 Å². The van der Waals surface area contributed by atoms with E-state index in [0.29, 0.717) is 30.5 Å². The fraction of sp³-hybridized carbons (Fsp3) is 0.348. The van der Waals surface area contributed by atoms with Crippen molar-refractivity contribution in [3.05, 3.63) is 59.5 Å². The summed E-state index contributed by atoms with van der Waals surface area (Å²) in [5.74, 6) is 2.70. The molecule has 2 heterocycles. The van der Waals surface area contributed by atoms with Crippen LogP contribution in [-0.4, -0.2) is 59.3 Å². The lowest BCUT2D eigenvalue weighted by atomic mass is 10.1. The molecule has 10 heteroatoms. The van der Waals surface area contributed by atoms with Gasteiger partial charge in [0, 0.05) is 32.0 Å². The molecule has 0 saturated carbocycles. The van der Waals surface area contributed by atoms with Crippen molar-refractivity contribution in [1.29, 1.82) is 0 Å². The summed E-state index contributed by atoms with van der Waals surface area (Å²) in [6.45, 7) is 2.97. The van der Waals surface area contributed by atoms with Gasteiger partial charge in [-0.15, -0.1) is 0 Å². The van der Waals surface area contributed by atoms with Crippen molar-refractivity contribution in [3.63, 3.8) is 0 Å². The lowest BCUT2D eigenvalue weighted by Crippen LogP contribution is -2.30. The Morgan fingerprint density at radius 2 is 1.85 bits per heavy atom. The normalized spacial score (nSPS) is 18.4. The van der Waals surface area contributed by atoms with Gasteiger partial charge in [-0.2, -0.15) is 0 Å². The molecule has 2 aliphatic rings. The zero-order chi connectivity index (χ0) is 23.6. The van der Waals surface area contributed by atoms with Gasteiger partial charge in [0.2, 0.25) is 0 Å². The zero-order valence-corrected chi connectivity index (χ0v) is 19.8. The number of sulfone groups is 1. The summed E-state index contributed by atoms with van der Waals surface area (Å²) >= 11 is 0. The summed E-state index contributed by atoms with van der Waals surface area (Å²) in [7, 11) is 0.332. The Hall–Kier alpha value is -3.24. The standard InChI is InChI=1S/C23H28N4O5S/c1-15(13-30-3)31-18-9-16(22-25-21-12-24-14-27(2)23(21)26-22)10-19(11-18)32-17-5-7-20(8-6-17)33(4,28)29/h5-12,15,22,25-26H,13-14H2,1-4H3.